The van der Waals surface area contributed by atoms with Crippen molar-refractivity contribution in [3.63, 3.8) is 0 Å². The predicted molar refractivity (Wildman–Crippen MR) is 70.2 cm³/mol. The Bertz CT molecular complexity index is 259. The first-order valence-corrected chi connectivity index (χ1v) is 6.45. The molecule has 0 aromatic heterocycles. The van der Waals surface area contributed by atoms with Crippen molar-refractivity contribution in [2.24, 2.45) is 0 Å². The average Bonchev–Trinajstić information content (AvgIpc) is 2.32. The molecule has 0 aromatic carbocycles. The summed E-state index contributed by atoms with van der Waals surface area (Å²) in [5.74, 6) is -1.02. The third-order valence-electron chi connectivity index (χ3n) is 2.07. The molecular weight excluding hydrogens is 252 g/mol. The highest BCUT2D eigenvalue weighted by Gasteiger charge is 2.00. The van der Waals surface area contributed by atoms with E-state index in [1.807, 2.05) is 13.8 Å². The van der Waals surface area contributed by atoms with Crippen molar-refractivity contribution in [3.8, 4) is 0 Å². The standard InChI is InChI=1S/C12H24N2O5/c1-10(2)19-7-4-3-5-13-12(17)14-6-8-18-9-11(15)16/h10H,3-9H2,1-2H3,(H,15,16)(H2,13,14,17). The molecule has 0 saturated carbocycles. The van der Waals surface area contributed by atoms with E-state index in [4.69, 9.17) is 14.6 Å². The van der Waals surface area contributed by atoms with Crippen LogP contribution in [0, 0.1) is 0 Å². The van der Waals surface area contributed by atoms with Crippen LogP contribution in [0.1, 0.15) is 26.7 Å². The zero-order chi connectivity index (χ0) is 14.5. The molecule has 0 spiro atoms. The number of urea groups is 1. The largest absolute Gasteiger partial charge is 0.480 e. The molecule has 0 aliphatic carbocycles. The second kappa shape index (κ2) is 11.7. The molecule has 7 heteroatoms. The molecule has 0 radical (unpaired) electrons. The molecule has 0 rings (SSSR count). The molecule has 19 heavy (non-hydrogen) atoms. The highest BCUT2D eigenvalue weighted by atomic mass is 16.5. The molecule has 0 aliphatic rings. The van der Waals surface area contributed by atoms with E-state index in [-0.39, 0.29) is 31.9 Å². The van der Waals surface area contributed by atoms with Gasteiger partial charge >= 0.3 is 12.0 Å². The Labute approximate surface area is 113 Å². The van der Waals surface area contributed by atoms with Crippen molar-refractivity contribution in [1.82, 2.24) is 10.6 Å². The minimum atomic E-state index is -1.02. The predicted octanol–water partition coefficient (Wildman–Crippen LogP) is 0.592. The van der Waals surface area contributed by atoms with E-state index in [0.29, 0.717) is 13.2 Å². The number of ether oxygens (including phenoxy) is 2. The number of unbranched alkanes of at least 4 members (excludes halogenated alkanes) is 1. The van der Waals surface area contributed by atoms with Gasteiger partial charge < -0.3 is 25.2 Å². The van der Waals surface area contributed by atoms with Gasteiger partial charge in [0, 0.05) is 19.7 Å². The van der Waals surface area contributed by atoms with Crippen molar-refractivity contribution in [1.29, 1.82) is 0 Å². The van der Waals surface area contributed by atoms with Crippen molar-refractivity contribution in [2.45, 2.75) is 32.8 Å². The normalized spacial score (nSPS) is 10.5. The maximum atomic E-state index is 11.3. The molecule has 3 N–H and O–H groups in total. The van der Waals surface area contributed by atoms with Gasteiger partial charge in [0.2, 0.25) is 0 Å². The van der Waals surface area contributed by atoms with Crippen molar-refractivity contribution >= 4 is 12.0 Å². The lowest BCUT2D eigenvalue weighted by molar-refractivity contribution is -0.142. The first-order chi connectivity index (χ1) is 9.02. The minimum absolute atomic E-state index is 0.182. The lowest BCUT2D eigenvalue weighted by atomic mass is 10.3. The van der Waals surface area contributed by atoms with Gasteiger partial charge in [-0.25, -0.2) is 9.59 Å². The molecule has 112 valence electrons. The smallest absolute Gasteiger partial charge is 0.329 e. The monoisotopic (exact) mass is 276 g/mol. The summed E-state index contributed by atoms with van der Waals surface area (Å²) >= 11 is 0. The molecule has 7 nitrogen and oxygen atoms in total. The van der Waals surface area contributed by atoms with Gasteiger partial charge in [0.15, 0.2) is 0 Å². The van der Waals surface area contributed by atoms with Crippen LogP contribution in [0.25, 0.3) is 0 Å². The summed E-state index contributed by atoms with van der Waals surface area (Å²) < 4.78 is 10.1. The van der Waals surface area contributed by atoms with Crippen LogP contribution < -0.4 is 10.6 Å². The number of rotatable bonds is 11. The maximum Gasteiger partial charge on any atom is 0.329 e. The topological polar surface area (TPSA) is 96.9 Å². The Kier molecular flexibility index (Phi) is 10.9. The van der Waals surface area contributed by atoms with Crippen LogP contribution in [0.2, 0.25) is 0 Å². The molecular formula is C12H24N2O5. The van der Waals surface area contributed by atoms with E-state index < -0.39 is 5.97 Å². The number of carboxylic acid groups (broad SMARTS) is 1. The van der Waals surface area contributed by atoms with Crippen LogP contribution in [0.4, 0.5) is 4.79 Å². The van der Waals surface area contributed by atoms with E-state index in [9.17, 15) is 9.59 Å². The maximum absolute atomic E-state index is 11.3. The number of amides is 2. The molecule has 0 aromatic rings. The second-order valence-electron chi connectivity index (χ2n) is 4.26. The van der Waals surface area contributed by atoms with E-state index in [1.165, 1.54) is 0 Å². The SMILES string of the molecule is CC(C)OCCCCNC(=O)NCCOCC(=O)O. The van der Waals surface area contributed by atoms with Crippen molar-refractivity contribution < 1.29 is 24.2 Å². The zero-order valence-corrected chi connectivity index (χ0v) is 11.6. The molecule has 0 heterocycles. The molecule has 0 unspecified atom stereocenters. The minimum Gasteiger partial charge on any atom is -0.480 e. The summed E-state index contributed by atoms with van der Waals surface area (Å²) in [5, 5.41) is 13.6. The summed E-state index contributed by atoms with van der Waals surface area (Å²) in [7, 11) is 0. The van der Waals surface area contributed by atoms with Crippen molar-refractivity contribution in [3.05, 3.63) is 0 Å². The Hall–Kier alpha value is -1.34. The van der Waals surface area contributed by atoms with Gasteiger partial charge in [0.25, 0.3) is 0 Å². The van der Waals surface area contributed by atoms with Crippen LogP contribution in [0.3, 0.4) is 0 Å². The molecule has 0 bridgehead atoms. The van der Waals surface area contributed by atoms with Crippen LogP contribution in [-0.4, -0.2) is 56.1 Å². The number of carbonyl (C=O) groups is 2. The Morgan fingerprint density at radius 1 is 1.11 bits per heavy atom. The van der Waals surface area contributed by atoms with Gasteiger partial charge in [0.05, 0.1) is 12.7 Å². The number of carboxylic acids is 1. The quantitative estimate of drug-likeness (QED) is 0.480. The molecule has 0 atom stereocenters. The summed E-state index contributed by atoms with van der Waals surface area (Å²) in [6.45, 7) is 5.38. The first-order valence-electron chi connectivity index (χ1n) is 6.45. The number of hydrogen-bond acceptors (Lipinski definition) is 4. The third-order valence-corrected chi connectivity index (χ3v) is 2.07. The second-order valence-corrected chi connectivity index (χ2v) is 4.26. The highest BCUT2D eigenvalue weighted by Crippen LogP contribution is 1.93. The van der Waals surface area contributed by atoms with Gasteiger partial charge in [-0.3, -0.25) is 0 Å². The fraction of sp³-hybridized carbons (Fsp3) is 0.833. The van der Waals surface area contributed by atoms with Gasteiger partial charge in [-0.1, -0.05) is 0 Å². The highest BCUT2D eigenvalue weighted by molar-refractivity contribution is 5.73. The number of aliphatic carboxylic acids is 1. The van der Waals surface area contributed by atoms with Gasteiger partial charge in [-0.15, -0.1) is 0 Å². The van der Waals surface area contributed by atoms with E-state index in [2.05, 4.69) is 10.6 Å². The fourth-order valence-corrected chi connectivity index (χ4v) is 1.21. The summed E-state index contributed by atoms with van der Waals surface area (Å²) in [6, 6.07) is -0.274. The summed E-state index contributed by atoms with van der Waals surface area (Å²) in [5.41, 5.74) is 0. The number of nitrogens with one attached hydrogen (secondary N) is 2. The van der Waals surface area contributed by atoms with Crippen LogP contribution in [-0.2, 0) is 14.3 Å². The lowest BCUT2D eigenvalue weighted by Crippen LogP contribution is -2.38. The Balaban J connectivity index is 3.23. The Morgan fingerprint density at radius 3 is 2.42 bits per heavy atom. The lowest BCUT2D eigenvalue weighted by Gasteiger charge is -2.09. The van der Waals surface area contributed by atoms with Crippen molar-refractivity contribution in [2.75, 3.05) is 32.9 Å². The van der Waals surface area contributed by atoms with Crippen LogP contribution in [0.5, 0.6) is 0 Å². The number of hydrogen-bond donors (Lipinski definition) is 3. The van der Waals surface area contributed by atoms with E-state index in [0.717, 1.165) is 12.8 Å². The van der Waals surface area contributed by atoms with Gasteiger partial charge in [0.1, 0.15) is 6.61 Å². The fourth-order valence-electron chi connectivity index (χ4n) is 1.21. The zero-order valence-electron chi connectivity index (χ0n) is 11.6. The van der Waals surface area contributed by atoms with Crippen LogP contribution >= 0.6 is 0 Å². The van der Waals surface area contributed by atoms with E-state index in [1.54, 1.807) is 0 Å². The molecule has 0 aliphatic heterocycles. The summed E-state index contributed by atoms with van der Waals surface area (Å²) in [6.07, 6.45) is 2.00. The Morgan fingerprint density at radius 2 is 1.79 bits per heavy atom. The van der Waals surface area contributed by atoms with Gasteiger partial charge in [-0.2, -0.15) is 0 Å². The van der Waals surface area contributed by atoms with E-state index >= 15 is 0 Å². The van der Waals surface area contributed by atoms with Crippen LogP contribution in [0.15, 0.2) is 0 Å². The molecule has 0 saturated heterocycles. The first kappa shape index (κ1) is 17.7. The number of carbonyl (C=O) groups excluding carboxylic acids is 1. The molecule has 2 amide bonds. The molecule has 0 fully saturated rings. The third kappa shape index (κ3) is 14.6. The average molecular weight is 276 g/mol. The van der Waals surface area contributed by atoms with Gasteiger partial charge in [-0.05, 0) is 26.7 Å². The summed E-state index contributed by atoms with van der Waals surface area (Å²) in [4.78, 5) is 21.4.